The van der Waals surface area contributed by atoms with Crippen LogP contribution >= 0.6 is 23.1 Å². The molecule has 3 aromatic heterocycles. The van der Waals surface area contributed by atoms with Crippen molar-refractivity contribution in [1.29, 1.82) is 0 Å². The molecular weight excluding hydrogens is 332 g/mol. The predicted molar refractivity (Wildman–Crippen MR) is 89.1 cm³/mol. The Morgan fingerprint density at radius 3 is 2.96 bits per heavy atom. The summed E-state index contributed by atoms with van der Waals surface area (Å²) in [5.74, 6) is 2.23. The molecule has 0 bridgehead atoms. The van der Waals surface area contributed by atoms with Crippen molar-refractivity contribution in [3.05, 3.63) is 32.9 Å². The van der Waals surface area contributed by atoms with Gasteiger partial charge in [0.25, 0.3) is 5.56 Å². The van der Waals surface area contributed by atoms with Crippen LogP contribution in [0, 0.1) is 0 Å². The summed E-state index contributed by atoms with van der Waals surface area (Å²) in [6.07, 6.45) is 3.22. The monoisotopic (exact) mass is 348 g/mol. The van der Waals surface area contributed by atoms with Crippen molar-refractivity contribution in [2.75, 3.05) is 0 Å². The molecule has 0 saturated heterocycles. The van der Waals surface area contributed by atoms with Crippen LogP contribution in [-0.4, -0.2) is 29.4 Å². The maximum atomic E-state index is 12.1. The molecule has 1 saturated carbocycles. The van der Waals surface area contributed by atoms with Gasteiger partial charge in [0.1, 0.15) is 10.8 Å². The topological polar surface area (TPSA) is 78.0 Å². The van der Waals surface area contributed by atoms with E-state index in [4.69, 9.17) is 0 Å². The SMILES string of the molecule is CCc1nn2c(=O)cc(CSc3nnc(C4CC4)n3C)nc2s1. The lowest BCUT2D eigenvalue weighted by Gasteiger charge is -2.02. The largest absolute Gasteiger partial charge is 0.309 e. The van der Waals surface area contributed by atoms with Gasteiger partial charge in [0, 0.05) is 24.8 Å². The molecule has 1 aliphatic rings. The van der Waals surface area contributed by atoms with E-state index in [1.807, 2.05) is 14.0 Å². The highest BCUT2D eigenvalue weighted by Gasteiger charge is 2.29. The molecule has 0 radical (unpaired) electrons. The van der Waals surface area contributed by atoms with Crippen LogP contribution in [0.3, 0.4) is 0 Å². The Bertz CT molecular complexity index is 923. The van der Waals surface area contributed by atoms with E-state index in [0.717, 1.165) is 28.1 Å². The molecule has 1 fully saturated rings. The van der Waals surface area contributed by atoms with Crippen LogP contribution in [0.25, 0.3) is 4.96 Å². The average molecular weight is 348 g/mol. The number of aryl methyl sites for hydroxylation is 1. The summed E-state index contributed by atoms with van der Waals surface area (Å²) < 4.78 is 3.43. The minimum atomic E-state index is -0.127. The molecule has 0 spiro atoms. The first-order valence-electron chi connectivity index (χ1n) is 7.56. The van der Waals surface area contributed by atoms with E-state index in [2.05, 4.69) is 24.8 Å². The fourth-order valence-electron chi connectivity index (χ4n) is 2.40. The zero-order valence-corrected chi connectivity index (χ0v) is 14.5. The smallest absolute Gasteiger partial charge is 0.275 e. The zero-order chi connectivity index (χ0) is 16.0. The van der Waals surface area contributed by atoms with E-state index >= 15 is 0 Å². The number of hydrogen-bond acceptors (Lipinski definition) is 7. The molecule has 0 atom stereocenters. The van der Waals surface area contributed by atoms with Crippen LogP contribution in [0.5, 0.6) is 0 Å². The van der Waals surface area contributed by atoms with Gasteiger partial charge in [-0.25, -0.2) is 4.98 Å². The molecule has 0 aliphatic heterocycles. The summed E-state index contributed by atoms with van der Waals surface area (Å²) in [6, 6.07) is 1.55. The number of aromatic nitrogens is 6. The van der Waals surface area contributed by atoms with Gasteiger partial charge in [0.15, 0.2) is 5.16 Å². The average Bonchev–Trinajstić information content (AvgIpc) is 3.18. The van der Waals surface area contributed by atoms with Crippen molar-refractivity contribution in [2.24, 2.45) is 7.05 Å². The second-order valence-corrected chi connectivity index (χ2v) is 7.58. The molecule has 0 aromatic carbocycles. The lowest BCUT2D eigenvalue weighted by molar-refractivity contribution is 0.736. The molecule has 4 rings (SSSR count). The number of thioether (sulfide) groups is 1. The van der Waals surface area contributed by atoms with Crippen LogP contribution in [0.1, 0.15) is 42.2 Å². The molecule has 3 aromatic rings. The minimum absolute atomic E-state index is 0.127. The Morgan fingerprint density at radius 1 is 1.39 bits per heavy atom. The maximum absolute atomic E-state index is 12.1. The van der Waals surface area contributed by atoms with Crippen LogP contribution < -0.4 is 5.56 Å². The van der Waals surface area contributed by atoms with Gasteiger partial charge in [0.05, 0.1) is 5.69 Å². The third kappa shape index (κ3) is 2.78. The molecule has 0 N–H and O–H groups in total. The van der Waals surface area contributed by atoms with E-state index in [1.165, 1.54) is 28.7 Å². The van der Waals surface area contributed by atoms with Gasteiger partial charge < -0.3 is 4.57 Å². The predicted octanol–water partition coefficient (Wildman–Crippen LogP) is 2.01. The normalized spacial score (nSPS) is 14.7. The first kappa shape index (κ1) is 14.8. The molecule has 0 unspecified atom stereocenters. The van der Waals surface area contributed by atoms with Crippen LogP contribution in [0.4, 0.5) is 0 Å². The Hall–Kier alpha value is -1.74. The summed E-state index contributed by atoms with van der Waals surface area (Å²) >= 11 is 3.02. The lowest BCUT2D eigenvalue weighted by Crippen LogP contribution is -2.15. The maximum Gasteiger partial charge on any atom is 0.275 e. The van der Waals surface area contributed by atoms with Crippen LogP contribution in [0.15, 0.2) is 16.0 Å². The van der Waals surface area contributed by atoms with Gasteiger partial charge in [-0.2, -0.15) is 9.61 Å². The molecule has 120 valence electrons. The number of rotatable bonds is 5. The van der Waals surface area contributed by atoms with Crippen molar-refractivity contribution in [3.8, 4) is 0 Å². The number of hydrogen-bond donors (Lipinski definition) is 0. The summed E-state index contributed by atoms with van der Waals surface area (Å²) in [6.45, 7) is 2.02. The van der Waals surface area contributed by atoms with Crippen molar-refractivity contribution < 1.29 is 0 Å². The number of nitrogens with zero attached hydrogens (tertiary/aromatic N) is 6. The molecule has 1 aliphatic carbocycles. The summed E-state index contributed by atoms with van der Waals surface area (Å²) in [7, 11) is 2.00. The zero-order valence-electron chi connectivity index (χ0n) is 12.9. The van der Waals surface area contributed by atoms with Crippen molar-refractivity contribution in [1.82, 2.24) is 29.4 Å². The van der Waals surface area contributed by atoms with Crippen molar-refractivity contribution in [2.45, 2.75) is 43.0 Å². The molecule has 0 amide bonds. The summed E-state index contributed by atoms with van der Waals surface area (Å²) in [4.78, 5) is 17.3. The summed E-state index contributed by atoms with van der Waals surface area (Å²) in [5, 5.41) is 14.6. The molecule has 3 heterocycles. The Labute approximate surface area is 140 Å². The fourth-order valence-corrected chi connectivity index (χ4v) is 4.07. The van der Waals surface area contributed by atoms with Gasteiger partial charge in [0.2, 0.25) is 4.96 Å². The van der Waals surface area contributed by atoms with Crippen LogP contribution in [-0.2, 0) is 19.2 Å². The second-order valence-electron chi connectivity index (χ2n) is 5.59. The van der Waals surface area contributed by atoms with E-state index < -0.39 is 0 Å². The second kappa shape index (κ2) is 5.72. The Kier molecular flexibility index (Phi) is 3.68. The third-order valence-electron chi connectivity index (χ3n) is 3.80. The molecule has 7 nitrogen and oxygen atoms in total. The van der Waals surface area contributed by atoms with Crippen molar-refractivity contribution in [3.63, 3.8) is 0 Å². The van der Waals surface area contributed by atoms with E-state index in [1.54, 1.807) is 17.8 Å². The quantitative estimate of drug-likeness (QED) is 0.656. The molecule has 9 heteroatoms. The highest BCUT2D eigenvalue weighted by molar-refractivity contribution is 7.98. The van der Waals surface area contributed by atoms with Gasteiger partial charge in [-0.1, -0.05) is 30.0 Å². The van der Waals surface area contributed by atoms with Gasteiger partial charge in [-0.15, -0.1) is 10.2 Å². The standard InChI is InChI=1S/C14H16N6OS2/c1-3-10-18-20-11(21)6-9(15-13(20)23-10)7-22-14-17-16-12(19(14)2)8-4-5-8/h6,8H,3-5,7H2,1-2H3. The highest BCUT2D eigenvalue weighted by atomic mass is 32.2. The fraction of sp³-hybridized carbons (Fsp3) is 0.500. The van der Waals surface area contributed by atoms with E-state index in [9.17, 15) is 4.79 Å². The molecular formula is C14H16N6OS2. The third-order valence-corrected chi connectivity index (χ3v) is 5.91. The van der Waals surface area contributed by atoms with E-state index in [0.29, 0.717) is 16.6 Å². The van der Waals surface area contributed by atoms with Gasteiger partial charge in [-0.3, -0.25) is 4.79 Å². The Balaban J connectivity index is 1.56. The Morgan fingerprint density at radius 2 is 2.22 bits per heavy atom. The summed E-state index contributed by atoms with van der Waals surface area (Å²) in [5.41, 5.74) is 0.625. The highest BCUT2D eigenvalue weighted by Crippen LogP contribution is 2.39. The van der Waals surface area contributed by atoms with Gasteiger partial charge >= 0.3 is 0 Å². The van der Waals surface area contributed by atoms with Crippen LogP contribution in [0.2, 0.25) is 0 Å². The van der Waals surface area contributed by atoms with E-state index in [-0.39, 0.29) is 5.56 Å². The van der Waals surface area contributed by atoms with Crippen molar-refractivity contribution >= 4 is 28.1 Å². The number of fused-ring (bicyclic) bond motifs is 1. The molecule has 23 heavy (non-hydrogen) atoms. The lowest BCUT2D eigenvalue weighted by atomic mass is 10.4. The minimum Gasteiger partial charge on any atom is -0.309 e. The first-order valence-corrected chi connectivity index (χ1v) is 9.36. The first-order chi connectivity index (χ1) is 11.2. The van der Waals surface area contributed by atoms with Gasteiger partial charge in [-0.05, 0) is 19.3 Å².